The van der Waals surface area contributed by atoms with Crippen molar-refractivity contribution in [3.63, 3.8) is 0 Å². The monoisotopic (exact) mass is 332 g/mol. The molecule has 3 N–H and O–H groups in total. The summed E-state index contributed by atoms with van der Waals surface area (Å²) in [5.41, 5.74) is 9.43. The first-order valence-corrected chi connectivity index (χ1v) is 7.24. The Morgan fingerprint density at radius 2 is 1.90 bits per heavy atom. The van der Waals surface area contributed by atoms with E-state index in [2.05, 4.69) is 45.5 Å². The van der Waals surface area contributed by atoms with E-state index in [0.29, 0.717) is 17.8 Å². The minimum absolute atomic E-state index is 0.0168. The van der Waals surface area contributed by atoms with Gasteiger partial charge in [0.15, 0.2) is 0 Å². The van der Waals surface area contributed by atoms with Gasteiger partial charge in [0.25, 0.3) is 0 Å². The number of rotatable bonds is 4. The van der Waals surface area contributed by atoms with Crippen LogP contribution in [0, 0.1) is 6.92 Å². The van der Waals surface area contributed by atoms with Crippen molar-refractivity contribution in [2.45, 2.75) is 19.8 Å². The predicted molar refractivity (Wildman–Crippen MR) is 86.7 cm³/mol. The van der Waals surface area contributed by atoms with Gasteiger partial charge in [-0.05, 0) is 53.0 Å². The van der Waals surface area contributed by atoms with Gasteiger partial charge in [-0.15, -0.1) is 0 Å². The lowest BCUT2D eigenvalue weighted by Crippen LogP contribution is -2.13. The molecule has 1 amide bonds. The summed E-state index contributed by atoms with van der Waals surface area (Å²) >= 11 is 3.39. The van der Waals surface area contributed by atoms with Gasteiger partial charge in [-0.3, -0.25) is 4.79 Å². The van der Waals surface area contributed by atoms with Gasteiger partial charge in [-0.2, -0.15) is 0 Å². The summed E-state index contributed by atoms with van der Waals surface area (Å²) in [6.45, 7) is 2.05. The lowest BCUT2D eigenvalue weighted by molar-refractivity contribution is -0.116. The van der Waals surface area contributed by atoms with Gasteiger partial charge in [0, 0.05) is 16.6 Å². The lowest BCUT2D eigenvalue weighted by atomic mass is 10.1. The van der Waals surface area contributed by atoms with Crippen molar-refractivity contribution in [2.75, 3.05) is 11.1 Å². The van der Waals surface area contributed by atoms with Crippen molar-refractivity contribution < 1.29 is 4.79 Å². The van der Waals surface area contributed by atoms with Gasteiger partial charge >= 0.3 is 0 Å². The first-order chi connectivity index (χ1) is 9.54. The Labute approximate surface area is 127 Å². The summed E-state index contributed by atoms with van der Waals surface area (Å²) in [6.07, 6.45) is 1.18. The Morgan fingerprint density at radius 1 is 1.20 bits per heavy atom. The number of amides is 1. The maximum Gasteiger partial charge on any atom is 0.224 e. The zero-order valence-corrected chi connectivity index (χ0v) is 12.9. The Morgan fingerprint density at radius 3 is 2.60 bits per heavy atom. The summed E-state index contributed by atoms with van der Waals surface area (Å²) in [4.78, 5) is 11.9. The Kier molecular flexibility index (Phi) is 4.79. The number of nitrogens with one attached hydrogen (secondary N) is 1. The van der Waals surface area contributed by atoms with Crippen LogP contribution >= 0.6 is 15.9 Å². The number of hydrogen-bond donors (Lipinski definition) is 2. The highest BCUT2D eigenvalue weighted by atomic mass is 79.9. The van der Waals surface area contributed by atoms with Crippen LogP contribution in [0.15, 0.2) is 46.9 Å². The summed E-state index contributed by atoms with van der Waals surface area (Å²) in [7, 11) is 0. The summed E-state index contributed by atoms with van der Waals surface area (Å²) in [5.74, 6) is -0.0168. The molecule has 0 radical (unpaired) electrons. The van der Waals surface area contributed by atoms with E-state index in [1.165, 1.54) is 5.56 Å². The largest absolute Gasteiger partial charge is 0.399 e. The fourth-order valence-corrected chi connectivity index (χ4v) is 2.21. The summed E-state index contributed by atoms with van der Waals surface area (Å²) in [6, 6.07) is 13.6. The third-order valence-electron chi connectivity index (χ3n) is 3.03. The van der Waals surface area contributed by atoms with E-state index < -0.39 is 0 Å². The molecule has 0 aliphatic carbocycles. The van der Waals surface area contributed by atoms with Crippen LogP contribution < -0.4 is 11.1 Å². The molecule has 4 heteroatoms. The van der Waals surface area contributed by atoms with Crippen LogP contribution in [0.3, 0.4) is 0 Å². The molecular weight excluding hydrogens is 316 g/mol. The number of nitrogens with two attached hydrogens (primary N) is 1. The number of halogens is 1. The molecule has 0 saturated carbocycles. The van der Waals surface area contributed by atoms with Crippen molar-refractivity contribution >= 4 is 33.2 Å². The summed E-state index contributed by atoms with van der Waals surface area (Å²) < 4.78 is 0.829. The topological polar surface area (TPSA) is 55.1 Å². The number of carbonyl (C=O) groups is 1. The highest BCUT2D eigenvalue weighted by Gasteiger charge is 2.06. The van der Waals surface area contributed by atoms with Crippen molar-refractivity contribution in [1.82, 2.24) is 0 Å². The van der Waals surface area contributed by atoms with E-state index >= 15 is 0 Å². The van der Waals surface area contributed by atoms with E-state index in [4.69, 9.17) is 5.73 Å². The predicted octanol–water partition coefficient (Wildman–Crippen LogP) is 3.91. The van der Waals surface area contributed by atoms with Gasteiger partial charge in [0.05, 0.1) is 5.69 Å². The molecule has 2 aromatic rings. The number of carbonyl (C=O) groups excluding carboxylic acids is 1. The molecule has 0 bridgehead atoms. The Balaban J connectivity index is 1.92. The fraction of sp³-hybridized carbons (Fsp3) is 0.188. The van der Waals surface area contributed by atoms with Crippen LogP contribution in [0.1, 0.15) is 17.5 Å². The molecule has 0 saturated heterocycles. The molecule has 0 spiro atoms. The van der Waals surface area contributed by atoms with Gasteiger partial charge in [-0.1, -0.05) is 29.8 Å². The second-order valence-electron chi connectivity index (χ2n) is 4.77. The standard InChI is InChI=1S/C16H17BrN2O/c1-11-2-4-12(5-3-11)6-9-16(20)19-15-10-13(18)7-8-14(15)17/h2-5,7-8,10H,6,9,18H2,1H3,(H,19,20). The maximum atomic E-state index is 11.9. The van der Waals surface area contributed by atoms with Crippen LogP contribution in [0.4, 0.5) is 11.4 Å². The second-order valence-corrected chi connectivity index (χ2v) is 5.63. The van der Waals surface area contributed by atoms with Gasteiger partial charge < -0.3 is 11.1 Å². The normalized spacial score (nSPS) is 10.3. The number of aryl methyl sites for hydroxylation is 2. The van der Waals surface area contributed by atoms with Crippen molar-refractivity contribution in [3.8, 4) is 0 Å². The molecule has 2 aromatic carbocycles. The molecule has 0 aliphatic heterocycles. The zero-order valence-electron chi connectivity index (χ0n) is 11.3. The number of anilines is 2. The number of nitrogen functional groups attached to an aromatic ring is 1. The van der Waals surface area contributed by atoms with Crippen molar-refractivity contribution in [3.05, 3.63) is 58.1 Å². The quantitative estimate of drug-likeness (QED) is 0.834. The third kappa shape index (κ3) is 4.10. The van der Waals surface area contributed by atoms with Crippen LogP contribution in [0.5, 0.6) is 0 Å². The average molecular weight is 333 g/mol. The smallest absolute Gasteiger partial charge is 0.224 e. The molecular formula is C16H17BrN2O. The molecule has 20 heavy (non-hydrogen) atoms. The van der Waals surface area contributed by atoms with Crippen LogP contribution in [-0.2, 0) is 11.2 Å². The fourth-order valence-electron chi connectivity index (χ4n) is 1.86. The maximum absolute atomic E-state index is 11.9. The van der Waals surface area contributed by atoms with Crippen molar-refractivity contribution in [2.24, 2.45) is 0 Å². The van der Waals surface area contributed by atoms with Crippen LogP contribution in [-0.4, -0.2) is 5.91 Å². The molecule has 3 nitrogen and oxygen atoms in total. The molecule has 0 heterocycles. The molecule has 104 valence electrons. The van der Waals surface area contributed by atoms with Gasteiger partial charge in [0.1, 0.15) is 0 Å². The minimum Gasteiger partial charge on any atom is -0.399 e. The molecule has 0 fully saturated rings. The van der Waals surface area contributed by atoms with Gasteiger partial charge in [-0.25, -0.2) is 0 Å². The zero-order chi connectivity index (χ0) is 14.5. The third-order valence-corrected chi connectivity index (χ3v) is 3.72. The van der Waals surface area contributed by atoms with E-state index in [1.807, 2.05) is 13.0 Å². The van der Waals surface area contributed by atoms with E-state index in [-0.39, 0.29) is 5.91 Å². The van der Waals surface area contributed by atoms with Crippen LogP contribution in [0.25, 0.3) is 0 Å². The molecule has 2 rings (SSSR count). The number of hydrogen-bond acceptors (Lipinski definition) is 2. The minimum atomic E-state index is -0.0168. The highest BCUT2D eigenvalue weighted by Crippen LogP contribution is 2.24. The van der Waals surface area contributed by atoms with Crippen LogP contribution in [0.2, 0.25) is 0 Å². The second kappa shape index (κ2) is 6.57. The molecule has 0 aliphatic rings. The average Bonchev–Trinajstić information content (AvgIpc) is 2.42. The SMILES string of the molecule is Cc1ccc(CCC(=O)Nc2cc(N)ccc2Br)cc1. The summed E-state index contributed by atoms with van der Waals surface area (Å²) in [5, 5.41) is 2.87. The lowest BCUT2D eigenvalue weighted by Gasteiger charge is -2.08. The number of benzene rings is 2. The Bertz CT molecular complexity index is 608. The first kappa shape index (κ1) is 14.6. The van der Waals surface area contributed by atoms with E-state index in [0.717, 1.165) is 16.5 Å². The van der Waals surface area contributed by atoms with E-state index in [9.17, 15) is 4.79 Å². The highest BCUT2D eigenvalue weighted by molar-refractivity contribution is 9.10. The first-order valence-electron chi connectivity index (χ1n) is 6.45. The Hall–Kier alpha value is -1.81. The molecule has 0 unspecified atom stereocenters. The molecule has 0 atom stereocenters. The van der Waals surface area contributed by atoms with E-state index in [1.54, 1.807) is 12.1 Å². The van der Waals surface area contributed by atoms with Gasteiger partial charge in [0.2, 0.25) is 5.91 Å². The molecule has 0 aromatic heterocycles. The van der Waals surface area contributed by atoms with Crippen molar-refractivity contribution in [1.29, 1.82) is 0 Å².